The minimum atomic E-state index is -1.26. The molecule has 1 fully saturated rings. The molecule has 2 N–H and O–H groups in total. The molecule has 0 bridgehead atoms. The molecule has 0 atom stereocenters. The lowest BCUT2D eigenvalue weighted by molar-refractivity contribution is 0.775. The van der Waals surface area contributed by atoms with E-state index in [0.717, 1.165) is 5.54 Å². The molecule has 11 heavy (non-hydrogen) atoms. The van der Waals surface area contributed by atoms with Gasteiger partial charge in [-0.15, -0.1) is 0 Å². The van der Waals surface area contributed by atoms with Crippen LogP contribution in [0.25, 0.3) is 0 Å². The van der Waals surface area contributed by atoms with Crippen molar-refractivity contribution in [2.24, 2.45) is 0 Å². The van der Waals surface area contributed by atoms with Gasteiger partial charge in [-0.1, -0.05) is 25.7 Å². The second-order valence-electron chi connectivity index (χ2n) is 3.68. The van der Waals surface area contributed by atoms with Gasteiger partial charge in [0.1, 0.15) is 0 Å². The fourth-order valence-corrected chi connectivity index (χ4v) is 4.67. The smallest absolute Gasteiger partial charge is 0.200 e. The fraction of sp³-hybridized carbons (Fsp3) is 1.00. The summed E-state index contributed by atoms with van der Waals surface area (Å²) in [6.45, 7) is 2.39. The molecular weight excluding hydrogens is 152 g/mol. The highest BCUT2D eigenvalue weighted by atomic mass is 28.3. The van der Waals surface area contributed by atoms with Crippen LogP contribution in [0.1, 0.15) is 25.7 Å². The van der Waals surface area contributed by atoms with Crippen LogP contribution in [0.4, 0.5) is 0 Å². The van der Waals surface area contributed by atoms with E-state index in [-0.39, 0.29) is 0 Å². The summed E-state index contributed by atoms with van der Waals surface area (Å²) in [6.07, 6.45) is 5.75. The van der Waals surface area contributed by atoms with Gasteiger partial charge in [-0.05, 0) is 26.2 Å². The summed E-state index contributed by atoms with van der Waals surface area (Å²) < 4.78 is 0. The van der Waals surface area contributed by atoms with Crippen LogP contribution in [0.5, 0.6) is 0 Å². The topological polar surface area (TPSA) is 24.1 Å². The van der Waals surface area contributed by atoms with Gasteiger partial charge in [0, 0.05) is 0 Å². The monoisotopic (exact) mass is 172 g/mol. The van der Waals surface area contributed by atoms with Gasteiger partial charge >= 0.3 is 0 Å². The van der Waals surface area contributed by atoms with Crippen molar-refractivity contribution in [2.45, 2.75) is 37.8 Å². The van der Waals surface area contributed by atoms with Gasteiger partial charge in [0.2, 0.25) is 8.40 Å². The van der Waals surface area contributed by atoms with Crippen molar-refractivity contribution < 1.29 is 0 Å². The first-order chi connectivity index (χ1) is 5.23. The number of hydrogen-bond acceptors (Lipinski definition) is 2. The van der Waals surface area contributed by atoms with Crippen LogP contribution in [0.3, 0.4) is 0 Å². The van der Waals surface area contributed by atoms with Crippen molar-refractivity contribution in [1.82, 2.24) is 9.96 Å². The Balaban J connectivity index is 2.52. The molecule has 1 aliphatic carbocycles. The quantitative estimate of drug-likeness (QED) is 0.630. The van der Waals surface area contributed by atoms with E-state index in [2.05, 4.69) is 30.6 Å². The van der Waals surface area contributed by atoms with E-state index < -0.39 is 8.40 Å². The SMILES string of the molecule is CN[Si](C)(NC)C1CCCC1. The molecular formula is C8H20N2Si. The molecule has 0 unspecified atom stereocenters. The summed E-state index contributed by atoms with van der Waals surface area (Å²) in [6, 6.07) is 0. The summed E-state index contributed by atoms with van der Waals surface area (Å²) in [5.74, 6) is 0. The summed E-state index contributed by atoms with van der Waals surface area (Å²) in [4.78, 5) is 7.00. The van der Waals surface area contributed by atoms with Gasteiger partial charge in [-0.25, -0.2) is 0 Å². The lowest BCUT2D eigenvalue weighted by Gasteiger charge is -2.31. The zero-order valence-corrected chi connectivity index (χ0v) is 8.91. The van der Waals surface area contributed by atoms with Crippen molar-refractivity contribution in [3.63, 3.8) is 0 Å². The maximum absolute atomic E-state index is 3.50. The summed E-state index contributed by atoms with van der Waals surface area (Å²) in [5.41, 5.74) is 0.956. The highest BCUT2D eigenvalue weighted by molar-refractivity contribution is 6.75. The highest BCUT2D eigenvalue weighted by Crippen LogP contribution is 2.35. The lowest BCUT2D eigenvalue weighted by Crippen LogP contribution is -2.60. The molecule has 0 aromatic carbocycles. The summed E-state index contributed by atoms with van der Waals surface area (Å²) in [5, 5.41) is 0. The average molecular weight is 172 g/mol. The minimum Gasteiger partial charge on any atom is -0.328 e. The average Bonchev–Trinajstić information content (AvgIpc) is 2.55. The molecule has 0 saturated heterocycles. The third kappa shape index (κ3) is 1.83. The van der Waals surface area contributed by atoms with E-state index >= 15 is 0 Å². The van der Waals surface area contributed by atoms with Crippen LogP contribution >= 0.6 is 0 Å². The molecule has 0 spiro atoms. The number of hydrogen-bond donors (Lipinski definition) is 2. The molecule has 1 rings (SSSR count). The summed E-state index contributed by atoms with van der Waals surface area (Å²) in [7, 11) is 2.93. The van der Waals surface area contributed by atoms with Gasteiger partial charge in [0.15, 0.2) is 0 Å². The Morgan fingerprint density at radius 1 is 1.09 bits per heavy atom. The van der Waals surface area contributed by atoms with Crippen LogP contribution in [-0.4, -0.2) is 22.5 Å². The Kier molecular flexibility index (Phi) is 3.10. The lowest BCUT2D eigenvalue weighted by atomic mass is 10.4. The standard InChI is InChI=1S/C8H20N2Si/c1-9-11(3,10-2)8-6-4-5-7-8/h8-10H,4-7H2,1-3H3. The van der Waals surface area contributed by atoms with E-state index in [9.17, 15) is 0 Å². The zero-order valence-electron chi connectivity index (χ0n) is 7.91. The Morgan fingerprint density at radius 3 is 1.91 bits per heavy atom. The molecule has 0 aliphatic heterocycles. The van der Waals surface area contributed by atoms with Crippen LogP contribution < -0.4 is 9.96 Å². The van der Waals surface area contributed by atoms with Gasteiger partial charge < -0.3 is 9.96 Å². The maximum Gasteiger partial charge on any atom is 0.200 e. The van der Waals surface area contributed by atoms with Crippen molar-refractivity contribution in [2.75, 3.05) is 14.1 Å². The molecule has 3 heteroatoms. The number of rotatable bonds is 3. The first-order valence-electron chi connectivity index (χ1n) is 4.61. The van der Waals surface area contributed by atoms with Gasteiger partial charge in [-0.2, -0.15) is 0 Å². The van der Waals surface area contributed by atoms with Crippen LogP contribution in [0.15, 0.2) is 0 Å². The van der Waals surface area contributed by atoms with Crippen LogP contribution in [0.2, 0.25) is 12.1 Å². The maximum atomic E-state index is 3.50. The molecule has 0 amide bonds. The summed E-state index contributed by atoms with van der Waals surface area (Å²) >= 11 is 0. The normalized spacial score (nSPS) is 21.0. The molecule has 1 aliphatic rings. The predicted molar refractivity (Wildman–Crippen MR) is 52.0 cm³/mol. The molecule has 1 saturated carbocycles. The molecule has 2 nitrogen and oxygen atoms in total. The highest BCUT2D eigenvalue weighted by Gasteiger charge is 2.36. The molecule has 0 heterocycles. The first kappa shape index (κ1) is 9.23. The molecule has 0 aromatic heterocycles. The van der Waals surface area contributed by atoms with E-state index in [0.29, 0.717) is 0 Å². The largest absolute Gasteiger partial charge is 0.328 e. The third-order valence-electron chi connectivity index (χ3n) is 3.21. The molecule has 66 valence electrons. The zero-order chi connectivity index (χ0) is 8.32. The Morgan fingerprint density at radius 2 is 1.55 bits per heavy atom. The second-order valence-corrected chi connectivity index (χ2v) is 7.90. The first-order valence-corrected chi connectivity index (χ1v) is 7.18. The predicted octanol–water partition coefficient (Wildman–Crippen LogP) is 1.44. The van der Waals surface area contributed by atoms with Gasteiger partial charge in [-0.3, -0.25) is 0 Å². The van der Waals surface area contributed by atoms with E-state index in [1.165, 1.54) is 25.7 Å². The Labute approximate surface area is 70.9 Å². The van der Waals surface area contributed by atoms with E-state index in [1.807, 2.05) is 0 Å². The fourth-order valence-electron chi connectivity index (χ4n) is 2.04. The number of nitrogens with one attached hydrogen (secondary N) is 2. The second kappa shape index (κ2) is 3.69. The van der Waals surface area contributed by atoms with Crippen LogP contribution in [0, 0.1) is 0 Å². The van der Waals surface area contributed by atoms with Crippen molar-refractivity contribution in [1.29, 1.82) is 0 Å². The van der Waals surface area contributed by atoms with E-state index in [4.69, 9.17) is 0 Å². The van der Waals surface area contributed by atoms with Crippen molar-refractivity contribution in [3.8, 4) is 0 Å². The molecule has 0 radical (unpaired) electrons. The Hall–Kier alpha value is 0.137. The minimum absolute atomic E-state index is 0.956. The molecule has 0 aromatic rings. The van der Waals surface area contributed by atoms with Gasteiger partial charge in [0.05, 0.1) is 0 Å². The van der Waals surface area contributed by atoms with Gasteiger partial charge in [0.25, 0.3) is 0 Å². The van der Waals surface area contributed by atoms with Crippen LogP contribution in [-0.2, 0) is 0 Å². The third-order valence-corrected chi connectivity index (χ3v) is 7.50. The van der Waals surface area contributed by atoms with Crippen molar-refractivity contribution >= 4 is 8.40 Å². The van der Waals surface area contributed by atoms with E-state index in [1.54, 1.807) is 0 Å². The van der Waals surface area contributed by atoms with Crippen molar-refractivity contribution in [3.05, 3.63) is 0 Å². The Bertz CT molecular complexity index is 117.